The van der Waals surface area contributed by atoms with Gasteiger partial charge < -0.3 is 14.5 Å². The third kappa shape index (κ3) is 2.13. The van der Waals surface area contributed by atoms with Crippen molar-refractivity contribution < 1.29 is 4.79 Å². The van der Waals surface area contributed by atoms with Crippen LogP contribution in [0.25, 0.3) is 0 Å². The van der Waals surface area contributed by atoms with Crippen molar-refractivity contribution in [2.75, 3.05) is 5.32 Å². The Morgan fingerprint density at radius 1 is 1.32 bits per heavy atom. The Morgan fingerprint density at radius 3 is 2.47 bits per heavy atom. The molecule has 0 atom stereocenters. The second-order valence-electron chi connectivity index (χ2n) is 4.58. The summed E-state index contributed by atoms with van der Waals surface area (Å²) in [7, 11) is 3.70. The number of nitrogens with zero attached hydrogens (tertiary/aromatic N) is 3. The molecule has 5 heteroatoms. The fourth-order valence-electron chi connectivity index (χ4n) is 1.97. The zero-order valence-corrected chi connectivity index (χ0v) is 11.5. The van der Waals surface area contributed by atoms with Crippen LogP contribution in [0.4, 0.5) is 5.69 Å². The zero-order chi connectivity index (χ0) is 14.2. The van der Waals surface area contributed by atoms with Gasteiger partial charge in [-0.1, -0.05) is 0 Å². The number of carbonyl (C=O) groups is 1. The van der Waals surface area contributed by atoms with Crippen LogP contribution in [-0.4, -0.2) is 15.0 Å². The molecule has 0 aliphatic carbocycles. The van der Waals surface area contributed by atoms with Crippen molar-refractivity contribution in [2.24, 2.45) is 14.1 Å². The maximum atomic E-state index is 12.2. The molecule has 0 aliphatic rings. The van der Waals surface area contributed by atoms with Gasteiger partial charge in [0.05, 0.1) is 11.3 Å². The average molecular weight is 256 g/mol. The van der Waals surface area contributed by atoms with Gasteiger partial charge in [-0.3, -0.25) is 4.79 Å². The molecule has 0 saturated carbocycles. The Hall–Kier alpha value is -2.48. The van der Waals surface area contributed by atoms with Gasteiger partial charge in [-0.15, -0.1) is 0 Å². The van der Waals surface area contributed by atoms with Crippen LogP contribution < -0.4 is 5.32 Å². The monoisotopic (exact) mass is 256 g/mol. The Labute approximate surface area is 112 Å². The van der Waals surface area contributed by atoms with E-state index in [1.54, 1.807) is 23.7 Å². The van der Waals surface area contributed by atoms with Crippen molar-refractivity contribution in [1.82, 2.24) is 9.13 Å². The van der Waals surface area contributed by atoms with Crippen molar-refractivity contribution in [1.29, 1.82) is 5.26 Å². The Morgan fingerprint density at radius 2 is 2.00 bits per heavy atom. The summed E-state index contributed by atoms with van der Waals surface area (Å²) >= 11 is 0. The number of aromatic nitrogens is 2. The summed E-state index contributed by atoms with van der Waals surface area (Å²) in [6, 6.07) is 5.56. The second kappa shape index (κ2) is 4.65. The quantitative estimate of drug-likeness (QED) is 0.894. The van der Waals surface area contributed by atoms with Gasteiger partial charge in [0.15, 0.2) is 0 Å². The number of nitriles is 1. The van der Waals surface area contributed by atoms with Crippen molar-refractivity contribution in [3.63, 3.8) is 0 Å². The number of hydrogen-bond donors (Lipinski definition) is 1. The summed E-state index contributed by atoms with van der Waals surface area (Å²) in [6.45, 7) is 3.77. The van der Waals surface area contributed by atoms with Crippen LogP contribution in [0.2, 0.25) is 0 Å². The first-order valence-corrected chi connectivity index (χ1v) is 5.95. The van der Waals surface area contributed by atoms with E-state index in [9.17, 15) is 4.79 Å². The van der Waals surface area contributed by atoms with E-state index in [0.29, 0.717) is 16.9 Å². The zero-order valence-electron chi connectivity index (χ0n) is 11.5. The Kier molecular flexibility index (Phi) is 3.17. The third-order valence-electron chi connectivity index (χ3n) is 3.53. The molecule has 5 nitrogen and oxygen atoms in total. The van der Waals surface area contributed by atoms with Crippen LogP contribution in [0, 0.1) is 25.2 Å². The van der Waals surface area contributed by atoms with Gasteiger partial charge in [0, 0.05) is 31.7 Å². The number of hydrogen-bond acceptors (Lipinski definition) is 2. The first kappa shape index (κ1) is 13.0. The molecule has 0 spiro atoms. The third-order valence-corrected chi connectivity index (χ3v) is 3.53. The fourth-order valence-corrected chi connectivity index (χ4v) is 1.97. The van der Waals surface area contributed by atoms with Crippen LogP contribution in [0.3, 0.4) is 0 Å². The lowest BCUT2D eigenvalue weighted by molar-refractivity contribution is 0.102. The molecule has 0 aromatic carbocycles. The number of rotatable bonds is 2. The molecule has 2 heterocycles. The number of carbonyl (C=O) groups excluding carboxylic acids is 1. The number of anilines is 1. The number of amides is 1. The van der Waals surface area contributed by atoms with Crippen LogP contribution in [0.1, 0.15) is 27.4 Å². The molecule has 98 valence electrons. The van der Waals surface area contributed by atoms with E-state index in [2.05, 4.69) is 11.4 Å². The van der Waals surface area contributed by atoms with Crippen molar-refractivity contribution in [2.45, 2.75) is 13.8 Å². The van der Waals surface area contributed by atoms with E-state index in [1.807, 2.05) is 31.7 Å². The standard InChI is InChI=1S/C14H16N4O/c1-9-12(5-6-17(9)3)14(19)16-13-7-11(8-15)18(4)10(13)2/h5-7H,1-4H3,(H,16,19). The van der Waals surface area contributed by atoms with Gasteiger partial charge in [-0.25, -0.2) is 0 Å². The van der Waals surface area contributed by atoms with E-state index in [0.717, 1.165) is 11.4 Å². The molecule has 0 aliphatic heterocycles. The SMILES string of the molecule is Cc1c(C(=O)Nc2cc(C#N)n(C)c2C)ccn1C. The van der Waals surface area contributed by atoms with E-state index < -0.39 is 0 Å². The van der Waals surface area contributed by atoms with Gasteiger partial charge in [-0.05, 0) is 26.0 Å². The molecule has 1 amide bonds. The smallest absolute Gasteiger partial charge is 0.257 e. The highest BCUT2D eigenvalue weighted by molar-refractivity contribution is 6.05. The van der Waals surface area contributed by atoms with Crippen LogP contribution in [-0.2, 0) is 14.1 Å². The largest absolute Gasteiger partial charge is 0.354 e. The first-order valence-electron chi connectivity index (χ1n) is 5.95. The molecule has 0 saturated heterocycles. The second-order valence-corrected chi connectivity index (χ2v) is 4.58. The summed E-state index contributed by atoms with van der Waals surface area (Å²) in [5.41, 5.74) is 3.61. The molecular formula is C14H16N4O. The van der Waals surface area contributed by atoms with E-state index in [1.165, 1.54) is 0 Å². The highest BCUT2D eigenvalue weighted by atomic mass is 16.1. The average Bonchev–Trinajstić information content (AvgIpc) is 2.85. The van der Waals surface area contributed by atoms with Gasteiger partial charge >= 0.3 is 0 Å². The molecule has 2 rings (SSSR count). The minimum absolute atomic E-state index is 0.156. The maximum Gasteiger partial charge on any atom is 0.257 e. The minimum atomic E-state index is -0.156. The molecule has 2 aromatic rings. The lowest BCUT2D eigenvalue weighted by Gasteiger charge is -2.05. The summed E-state index contributed by atoms with van der Waals surface area (Å²) < 4.78 is 3.65. The van der Waals surface area contributed by atoms with Gasteiger partial charge in [-0.2, -0.15) is 5.26 Å². The van der Waals surface area contributed by atoms with Crippen molar-refractivity contribution in [3.05, 3.63) is 41.0 Å². The summed E-state index contributed by atoms with van der Waals surface area (Å²) in [4.78, 5) is 12.2. The van der Waals surface area contributed by atoms with Crippen molar-refractivity contribution >= 4 is 11.6 Å². The molecule has 0 bridgehead atoms. The van der Waals surface area contributed by atoms with E-state index in [-0.39, 0.29) is 5.91 Å². The molecule has 0 fully saturated rings. The summed E-state index contributed by atoms with van der Waals surface area (Å²) in [5.74, 6) is -0.156. The summed E-state index contributed by atoms with van der Waals surface area (Å²) in [5, 5.41) is 11.8. The number of aryl methyl sites for hydroxylation is 1. The van der Waals surface area contributed by atoms with Gasteiger partial charge in [0.1, 0.15) is 11.8 Å². The molecule has 1 N–H and O–H groups in total. The normalized spacial score (nSPS) is 10.3. The number of nitrogens with one attached hydrogen (secondary N) is 1. The van der Waals surface area contributed by atoms with E-state index >= 15 is 0 Å². The van der Waals surface area contributed by atoms with Crippen LogP contribution >= 0.6 is 0 Å². The lowest BCUT2D eigenvalue weighted by Crippen LogP contribution is -2.13. The Bertz CT molecular complexity index is 685. The fraction of sp³-hybridized carbons (Fsp3) is 0.286. The molecular weight excluding hydrogens is 240 g/mol. The van der Waals surface area contributed by atoms with Crippen LogP contribution in [0.15, 0.2) is 18.3 Å². The highest BCUT2D eigenvalue weighted by Gasteiger charge is 2.15. The topological polar surface area (TPSA) is 62.8 Å². The van der Waals surface area contributed by atoms with E-state index in [4.69, 9.17) is 5.26 Å². The predicted molar refractivity (Wildman–Crippen MR) is 73.0 cm³/mol. The summed E-state index contributed by atoms with van der Waals surface area (Å²) in [6.07, 6.45) is 1.85. The Balaban J connectivity index is 2.30. The molecule has 2 aromatic heterocycles. The van der Waals surface area contributed by atoms with Gasteiger partial charge in [0.2, 0.25) is 0 Å². The molecule has 0 radical (unpaired) electrons. The predicted octanol–water partition coefficient (Wildman–Crippen LogP) is 2.10. The minimum Gasteiger partial charge on any atom is -0.354 e. The highest BCUT2D eigenvalue weighted by Crippen LogP contribution is 2.20. The molecule has 19 heavy (non-hydrogen) atoms. The lowest BCUT2D eigenvalue weighted by atomic mass is 10.2. The first-order chi connectivity index (χ1) is 8.95. The van der Waals surface area contributed by atoms with Gasteiger partial charge in [0.25, 0.3) is 5.91 Å². The maximum absolute atomic E-state index is 12.2. The van der Waals surface area contributed by atoms with Crippen molar-refractivity contribution in [3.8, 4) is 6.07 Å². The molecule has 0 unspecified atom stereocenters. The van der Waals surface area contributed by atoms with Crippen LogP contribution in [0.5, 0.6) is 0 Å².